The standard InChI is InChI=1S/C17H25N5OS/c1-19-6-5-18-16(19)13-21-7-9-22(10-8-21)14-17(23)20(2)12-15-4-3-11-24-15/h3-6,11H,7-10,12-14H2,1-2H3. The van der Waals surface area contributed by atoms with Gasteiger partial charge in [-0.2, -0.15) is 0 Å². The van der Waals surface area contributed by atoms with E-state index in [0.29, 0.717) is 13.1 Å². The lowest BCUT2D eigenvalue weighted by Crippen LogP contribution is -2.49. The van der Waals surface area contributed by atoms with E-state index >= 15 is 0 Å². The zero-order valence-corrected chi connectivity index (χ0v) is 15.2. The van der Waals surface area contributed by atoms with Crippen molar-refractivity contribution in [2.75, 3.05) is 39.8 Å². The lowest BCUT2D eigenvalue weighted by atomic mass is 10.3. The van der Waals surface area contributed by atoms with Gasteiger partial charge in [0.15, 0.2) is 0 Å². The van der Waals surface area contributed by atoms with Gasteiger partial charge in [-0.15, -0.1) is 11.3 Å². The molecule has 1 saturated heterocycles. The number of carbonyl (C=O) groups is 1. The summed E-state index contributed by atoms with van der Waals surface area (Å²) < 4.78 is 2.06. The highest BCUT2D eigenvalue weighted by Crippen LogP contribution is 2.12. The molecular formula is C17H25N5OS. The van der Waals surface area contributed by atoms with E-state index in [4.69, 9.17) is 0 Å². The number of hydrogen-bond donors (Lipinski definition) is 0. The maximum absolute atomic E-state index is 12.4. The first-order chi connectivity index (χ1) is 11.6. The predicted octanol–water partition coefficient (Wildman–Crippen LogP) is 1.26. The molecule has 0 bridgehead atoms. The van der Waals surface area contributed by atoms with Gasteiger partial charge in [-0.3, -0.25) is 14.6 Å². The average molecular weight is 347 g/mol. The van der Waals surface area contributed by atoms with Crippen molar-refractivity contribution in [1.82, 2.24) is 24.3 Å². The van der Waals surface area contributed by atoms with Gasteiger partial charge in [-0.05, 0) is 11.4 Å². The highest BCUT2D eigenvalue weighted by atomic mass is 32.1. The van der Waals surface area contributed by atoms with Gasteiger partial charge in [-0.1, -0.05) is 6.07 Å². The van der Waals surface area contributed by atoms with Gasteiger partial charge < -0.3 is 9.47 Å². The van der Waals surface area contributed by atoms with Gasteiger partial charge in [0, 0.05) is 57.5 Å². The second-order valence-electron chi connectivity index (χ2n) is 6.34. The zero-order valence-electron chi connectivity index (χ0n) is 14.4. The SMILES string of the molecule is CN(Cc1cccs1)C(=O)CN1CCN(Cc2nccn2C)CC1. The Kier molecular flexibility index (Phi) is 5.65. The third kappa shape index (κ3) is 4.43. The van der Waals surface area contributed by atoms with Gasteiger partial charge in [0.2, 0.25) is 5.91 Å². The minimum absolute atomic E-state index is 0.195. The van der Waals surface area contributed by atoms with Crippen LogP contribution in [0.25, 0.3) is 0 Å². The maximum Gasteiger partial charge on any atom is 0.236 e. The molecule has 0 spiro atoms. The van der Waals surface area contributed by atoms with Gasteiger partial charge >= 0.3 is 0 Å². The molecular weight excluding hydrogens is 322 g/mol. The third-order valence-electron chi connectivity index (χ3n) is 4.51. The Morgan fingerprint density at radius 2 is 2.04 bits per heavy atom. The molecule has 0 aliphatic carbocycles. The Balaban J connectivity index is 1.41. The van der Waals surface area contributed by atoms with E-state index in [9.17, 15) is 4.79 Å². The molecule has 0 aromatic carbocycles. The van der Waals surface area contributed by atoms with Crippen molar-refractivity contribution >= 4 is 17.2 Å². The molecule has 0 unspecified atom stereocenters. The summed E-state index contributed by atoms with van der Waals surface area (Å²) in [5.74, 6) is 1.29. The number of imidazole rings is 1. The summed E-state index contributed by atoms with van der Waals surface area (Å²) in [6.45, 7) is 5.92. The molecule has 130 valence electrons. The molecule has 1 aliphatic heterocycles. The summed E-state index contributed by atoms with van der Waals surface area (Å²) in [6.07, 6.45) is 3.82. The normalized spacial score (nSPS) is 16.4. The molecule has 0 radical (unpaired) electrons. The Morgan fingerprint density at radius 3 is 2.67 bits per heavy atom. The van der Waals surface area contributed by atoms with Crippen LogP contribution in [-0.4, -0.2) is 69.9 Å². The van der Waals surface area contributed by atoms with Crippen LogP contribution in [0.15, 0.2) is 29.9 Å². The lowest BCUT2D eigenvalue weighted by molar-refractivity contribution is -0.132. The summed E-state index contributed by atoms with van der Waals surface area (Å²) in [5.41, 5.74) is 0. The van der Waals surface area contributed by atoms with Crippen molar-refractivity contribution < 1.29 is 4.79 Å². The van der Waals surface area contributed by atoms with Crippen LogP contribution in [0.4, 0.5) is 0 Å². The third-order valence-corrected chi connectivity index (χ3v) is 5.37. The van der Waals surface area contributed by atoms with Crippen LogP contribution >= 0.6 is 11.3 Å². The van der Waals surface area contributed by atoms with Crippen LogP contribution in [-0.2, 0) is 24.9 Å². The molecule has 0 atom stereocenters. The fourth-order valence-electron chi connectivity index (χ4n) is 2.89. The molecule has 3 rings (SSSR count). The highest BCUT2D eigenvalue weighted by molar-refractivity contribution is 7.09. The minimum atomic E-state index is 0.195. The van der Waals surface area contributed by atoms with E-state index in [2.05, 4.69) is 30.8 Å². The fraction of sp³-hybridized carbons (Fsp3) is 0.529. The number of amides is 1. The number of aryl methyl sites for hydroxylation is 1. The zero-order chi connectivity index (χ0) is 16.9. The first-order valence-electron chi connectivity index (χ1n) is 8.29. The van der Waals surface area contributed by atoms with Gasteiger partial charge in [0.05, 0.1) is 19.6 Å². The van der Waals surface area contributed by atoms with Crippen molar-refractivity contribution in [3.63, 3.8) is 0 Å². The number of hydrogen-bond acceptors (Lipinski definition) is 5. The number of likely N-dealkylation sites (N-methyl/N-ethyl adjacent to an activating group) is 1. The number of nitrogens with zero attached hydrogens (tertiary/aromatic N) is 5. The van der Waals surface area contributed by atoms with Gasteiger partial charge in [0.1, 0.15) is 5.82 Å². The van der Waals surface area contributed by atoms with Crippen LogP contribution in [0.5, 0.6) is 0 Å². The van der Waals surface area contributed by atoms with Crippen LogP contribution < -0.4 is 0 Å². The van der Waals surface area contributed by atoms with Gasteiger partial charge in [0.25, 0.3) is 0 Å². The molecule has 2 aromatic rings. The smallest absolute Gasteiger partial charge is 0.236 e. The molecule has 24 heavy (non-hydrogen) atoms. The predicted molar refractivity (Wildman–Crippen MR) is 95.7 cm³/mol. The van der Waals surface area contributed by atoms with Crippen LogP contribution in [0.1, 0.15) is 10.7 Å². The molecule has 3 heterocycles. The van der Waals surface area contributed by atoms with E-state index in [1.807, 2.05) is 37.5 Å². The Hall–Kier alpha value is -1.70. The second kappa shape index (κ2) is 7.92. The molecule has 1 aliphatic rings. The summed E-state index contributed by atoms with van der Waals surface area (Å²) >= 11 is 1.70. The van der Waals surface area contributed by atoms with Crippen molar-refractivity contribution in [3.05, 3.63) is 40.6 Å². The number of aromatic nitrogens is 2. The monoisotopic (exact) mass is 347 g/mol. The van der Waals surface area contributed by atoms with Crippen LogP contribution in [0, 0.1) is 0 Å². The maximum atomic E-state index is 12.4. The summed E-state index contributed by atoms with van der Waals surface area (Å²) in [5, 5.41) is 2.05. The molecule has 6 nitrogen and oxygen atoms in total. The summed E-state index contributed by atoms with van der Waals surface area (Å²) in [6, 6.07) is 4.10. The molecule has 1 fully saturated rings. The first-order valence-corrected chi connectivity index (χ1v) is 9.17. The Morgan fingerprint density at radius 1 is 1.29 bits per heavy atom. The minimum Gasteiger partial charge on any atom is -0.340 e. The van der Waals surface area contributed by atoms with E-state index in [-0.39, 0.29) is 5.91 Å². The van der Waals surface area contributed by atoms with Crippen molar-refractivity contribution in [3.8, 4) is 0 Å². The van der Waals surface area contributed by atoms with Crippen LogP contribution in [0.3, 0.4) is 0 Å². The van der Waals surface area contributed by atoms with E-state index in [0.717, 1.165) is 38.5 Å². The summed E-state index contributed by atoms with van der Waals surface area (Å²) in [7, 11) is 3.92. The van der Waals surface area contributed by atoms with E-state index in [1.165, 1.54) is 4.88 Å². The van der Waals surface area contributed by atoms with Gasteiger partial charge in [-0.25, -0.2) is 4.98 Å². The Labute approximate surface area is 147 Å². The van der Waals surface area contributed by atoms with Crippen molar-refractivity contribution in [1.29, 1.82) is 0 Å². The summed E-state index contributed by atoms with van der Waals surface area (Å²) in [4.78, 5) is 24.5. The van der Waals surface area contributed by atoms with E-state index in [1.54, 1.807) is 11.3 Å². The second-order valence-corrected chi connectivity index (χ2v) is 7.37. The molecule has 2 aromatic heterocycles. The molecule has 1 amide bonds. The number of piperazine rings is 1. The molecule has 0 saturated carbocycles. The average Bonchev–Trinajstić information content (AvgIpc) is 3.21. The number of rotatable bonds is 6. The largest absolute Gasteiger partial charge is 0.340 e. The molecule has 7 heteroatoms. The molecule has 0 N–H and O–H groups in total. The van der Waals surface area contributed by atoms with Crippen molar-refractivity contribution in [2.45, 2.75) is 13.1 Å². The number of thiophene rings is 1. The quantitative estimate of drug-likeness (QED) is 0.789. The van der Waals surface area contributed by atoms with Crippen molar-refractivity contribution in [2.24, 2.45) is 7.05 Å². The number of carbonyl (C=O) groups excluding carboxylic acids is 1. The highest BCUT2D eigenvalue weighted by Gasteiger charge is 2.21. The fourth-order valence-corrected chi connectivity index (χ4v) is 3.65. The van der Waals surface area contributed by atoms with Crippen LogP contribution in [0.2, 0.25) is 0 Å². The van der Waals surface area contributed by atoms with E-state index < -0.39 is 0 Å². The Bertz CT molecular complexity index is 646. The lowest BCUT2D eigenvalue weighted by Gasteiger charge is -2.34. The first kappa shape index (κ1) is 17.1. The topological polar surface area (TPSA) is 44.6 Å².